The van der Waals surface area contributed by atoms with Gasteiger partial charge in [-0.1, -0.05) is 30.3 Å². The molecule has 0 heterocycles. The van der Waals surface area contributed by atoms with Crippen LogP contribution in [0.5, 0.6) is 0 Å². The molecule has 2 N–H and O–H groups in total. The molecule has 0 fully saturated rings. The van der Waals surface area contributed by atoms with Crippen LogP contribution in [-0.2, 0) is 10.5 Å². The zero-order valence-electron chi connectivity index (χ0n) is 12.6. The van der Waals surface area contributed by atoms with Gasteiger partial charge in [0.1, 0.15) is 5.69 Å². The number of ether oxygens (including phenoxy) is 1. The summed E-state index contributed by atoms with van der Waals surface area (Å²) in [6.07, 6.45) is 0. The number of anilines is 2. The Morgan fingerprint density at radius 1 is 1.21 bits per heavy atom. The van der Waals surface area contributed by atoms with E-state index in [2.05, 4.69) is 4.74 Å². The zero-order chi connectivity index (χ0) is 17.7. The first kappa shape index (κ1) is 18.0. The van der Waals surface area contributed by atoms with Crippen molar-refractivity contribution < 1.29 is 19.9 Å². The van der Waals surface area contributed by atoms with Crippen LogP contribution in [0.15, 0.2) is 47.4 Å². The SMILES string of the molecule is COC(=O)c1cc(N([O-])[O-])cc(N(O)O)c1SCc1ccccc1. The second-order valence-electron chi connectivity index (χ2n) is 4.65. The van der Waals surface area contributed by atoms with Crippen LogP contribution in [0.3, 0.4) is 0 Å². The Morgan fingerprint density at radius 2 is 1.88 bits per heavy atom. The fourth-order valence-corrected chi connectivity index (χ4v) is 3.09. The highest BCUT2D eigenvalue weighted by atomic mass is 32.2. The third-order valence-corrected chi connectivity index (χ3v) is 4.31. The maximum Gasteiger partial charge on any atom is 0.339 e. The van der Waals surface area contributed by atoms with Crippen LogP contribution in [0.2, 0.25) is 0 Å². The van der Waals surface area contributed by atoms with Crippen molar-refractivity contribution in [2.75, 3.05) is 17.6 Å². The molecule has 0 amide bonds. The van der Waals surface area contributed by atoms with Crippen molar-refractivity contribution in [2.45, 2.75) is 10.6 Å². The van der Waals surface area contributed by atoms with Crippen molar-refractivity contribution in [3.63, 3.8) is 0 Å². The predicted molar refractivity (Wildman–Crippen MR) is 89.0 cm³/mol. The Bertz CT molecular complexity index is 709. The number of carbonyl (C=O) groups excluding carboxylic acids is 1. The number of thioether (sulfide) groups is 1. The first-order valence-electron chi connectivity index (χ1n) is 6.69. The minimum atomic E-state index is -0.808. The Morgan fingerprint density at radius 3 is 2.42 bits per heavy atom. The second-order valence-corrected chi connectivity index (χ2v) is 5.64. The third kappa shape index (κ3) is 4.16. The number of benzene rings is 2. The smallest absolute Gasteiger partial charge is 0.339 e. The average Bonchev–Trinajstić information content (AvgIpc) is 2.59. The van der Waals surface area contributed by atoms with E-state index in [1.807, 2.05) is 30.3 Å². The quantitative estimate of drug-likeness (QED) is 0.460. The van der Waals surface area contributed by atoms with E-state index in [4.69, 9.17) is 0 Å². The van der Waals surface area contributed by atoms with Crippen molar-refractivity contribution in [1.82, 2.24) is 0 Å². The van der Waals surface area contributed by atoms with Crippen molar-refractivity contribution in [3.8, 4) is 0 Å². The molecule has 8 nitrogen and oxygen atoms in total. The van der Waals surface area contributed by atoms with Crippen LogP contribution in [0.1, 0.15) is 15.9 Å². The summed E-state index contributed by atoms with van der Waals surface area (Å²) < 4.78 is 4.64. The van der Waals surface area contributed by atoms with Crippen molar-refractivity contribution in [1.29, 1.82) is 0 Å². The molecule has 2 aromatic carbocycles. The molecule has 0 aliphatic carbocycles. The molecule has 0 aliphatic heterocycles. The minimum Gasteiger partial charge on any atom is -0.769 e. The van der Waals surface area contributed by atoms with E-state index >= 15 is 0 Å². The van der Waals surface area contributed by atoms with E-state index in [1.165, 1.54) is 0 Å². The Kier molecular flexibility index (Phi) is 6.01. The average molecular weight is 350 g/mol. The third-order valence-electron chi connectivity index (χ3n) is 3.11. The molecule has 2 aromatic rings. The lowest BCUT2D eigenvalue weighted by atomic mass is 10.1. The maximum absolute atomic E-state index is 12.0. The largest absolute Gasteiger partial charge is 0.769 e. The summed E-state index contributed by atoms with van der Waals surface area (Å²) in [5, 5.41) is 39.8. The summed E-state index contributed by atoms with van der Waals surface area (Å²) in [4.78, 5) is 12.1. The minimum absolute atomic E-state index is 0.115. The lowest BCUT2D eigenvalue weighted by molar-refractivity contribution is 0.0276. The fourth-order valence-electron chi connectivity index (χ4n) is 2.00. The number of hydrogen-bond donors (Lipinski definition) is 2. The van der Waals surface area contributed by atoms with Crippen molar-refractivity contribution in [3.05, 3.63) is 64.0 Å². The van der Waals surface area contributed by atoms with Crippen LogP contribution in [0.25, 0.3) is 0 Å². The zero-order valence-corrected chi connectivity index (χ0v) is 13.4. The summed E-state index contributed by atoms with van der Waals surface area (Å²) in [6.45, 7) is 0. The van der Waals surface area contributed by atoms with Crippen LogP contribution in [0, 0.1) is 10.4 Å². The van der Waals surface area contributed by atoms with Gasteiger partial charge in [-0.2, -0.15) is 0 Å². The Labute approximate surface area is 141 Å². The molecule has 0 aromatic heterocycles. The Balaban J connectivity index is 2.47. The van der Waals surface area contributed by atoms with E-state index in [0.29, 0.717) is 5.75 Å². The number of rotatable bonds is 6. The molecular formula is C15H14N2O6S-2. The van der Waals surface area contributed by atoms with Gasteiger partial charge in [0.15, 0.2) is 0 Å². The van der Waals surface area contributed by atoms with Gasteiger partial charge in [-0.15, -0.1) is 17.0 Å². The standard InChI is InChI=1S/C15H14N2O6S/c1-23-15(18)12-7-11(16(19)20)8-13(17(21)22)14(12)24-9-10-5-3-2-4-6-10/h2-8,21-22H,9H2,1H3/q-2. The first-order valence-corrected chi connectivity index (χ1v) is 7.68. The number of hydrogen-bond acceptors (Lipinski definition) is 9. The van der Waals surface area contributed by atoms with E-state index in [0.717, 1.165) is 36.6 Å². The van der Waals surface area contributed by atoms with Gasteiger partial charge in [0, 0.05) is 11.4 Å². The molecule has 0 saturated carbocycles. The van der Waals surface area contributed by atoms with Gasteiger partial charge in [-0.3, -0.25) is 10.4 Å². The molecule has 2 rings (SSSR count). The highest BCUT2D eigenvalue weighted by Gasteiger charge is 2.20. The van der Waals surface area contributed by atoms with E-state index in [-0.39, 0.29) is 21.4 Å². The molecule has 128 valence electrons. The van der Waals surface area contributed by atoms with E-state index in [9.17, 15) is 25.6 Å². The van der Waals surface area contributed by atoms with Crippen molar-refractivity contribution >= 4 is 29.1 Å². The van der Waals surface area contributed by atoms with Gasteiger partial charge in [-0.25, -0.2) is 4.79 Å². The molecule has 0 spiro atoms. The van der Waals surface area contributed by atoms with Gasteiger partial charge in [0.05, 0.1) is 17.6 Å². The molecule has 0 unspecified atom stereocenters. The number of carbonyl (C=O) groups is 1. The summed E-state index contributed by atoms with van der Waals surface area (Å²) in [6, 6.07) is 11.3. The number of nitrogens with zero attached hydrogens (tertiary/aromatic N) is 2. The summed E-state index contributed by atoms with van der Waals surface area (Å²) in [5.41, 5.74) is 0.0915. The van der Waals surface area contributed by atoms with Crippen LogP contribution < -0.4 is 10.5 Å². The van der Waals surface area contributed by atoms with Gasteiger partial charge in [0.2, 0.25) is 0 Å². The van der Waals surface area contributed by atoms with Crippen molar-refractivity contribution in [2.24, 2.45) is 0 Å². The monoisotopic (exact) mass is 350 g/mol. The van der Waals surface area contributed by atoms with Crippen LogP contribution in [-0.4, -0.2) is 23.5 Å². The molecule has 24 heavy (non-hydrogen) atoms. The first-order chi connectivity index (χ1) is 11.4. The lowest BCUT2D eigenvalue weighted by Gasteiger charge is -2.38. The highest BCUT2D eigenvalue weighted by molar-refractivity contribution is 7.98. The predicted octanol–water partition coefficient (Wildman–Crippen LogP) is 3.15. The number of esters is 1. The Hall–Kier alpha value is -2.30. The normalized spacial score (nSPS) is 10.4. The van der Waals surface area contributed by atoms with E-state index in [1.54, 1.807) is 0 Å². The van der Waals surface area contributed by atoms with Gasteiger partial charge in [0.25, 0.3) is 0 Å². The summed E-state index contributed by atoms with van der Waals surface area (Å²) >= 11 is 1.13. The maximum atomic E-state index is 12.0. The highest BCUT2D eigenvalue weighted by Crippen LogP contribution is 2.38. The molecule has 0 saturated heterocycles. The molecule has 0 radical (unpaired) electrons. The van der Waals surface area contributed by atoms with Crippen LogP contribution in [0.4, 0.5) is 11.4 Å². The molecule has 0 bridgehead atoms. The molecule has 0 aliphatic rings. The van der Waals surface area contributed by atoms with E-state index < -0.39 is 16.9 Å². The second kappa shape index (κ2) is 7.99. The summed E-state index contributed by atoms with van der Waals surface area (Å²) in [5.74, 6) is -0.388. The lowest BCUT2D eigenvalue weighted by Crippen LogP contribution is -2.16. The summed E-state index contributed by atoms with van der Waals surface area (Å²) in [7, 11) is 1.14. The van der Waals surface area contributed by atoms with Gasteiger partial charge in [-0.05, 0) is 17.7 Å². The molecular weight excluding hydrogens is 336 g/mol. The van der Waals surface area contributed by atoms with Crippen LogP contribution >= 0.6 is 11.8 Å². The van der Waals surface area contributed by atoms with Gasteiger partial charge >= 0.3 is 5.97 Å². The molecule has 0 atom stereocenters. The topological polar surface area (TPSA) is 119 Å². The fraction of sp³-hybridized carbons (Fsp3) is 0.133. The number of methoxy groups -OCH3 is 1. The van der Waals surface area contributed by atoms with Gasteiger partial charge < -0.3 is 20.4 Å². The molecule has 9 heteroatoms.